The largest absolute Gasteiger partial charge is 0.453 e. The first kappa shape index (κ1) is 12.2. The first-order valence-corrected chi connectivity index (χ1v) is 6.67. The molecule has 1 N–H and O–H groups in total. The summed E-state index contributed by atoms with van der Waals surface area (Å²) in [4.78, 5) is 14.8. The molecule has 15 heavy (non-hydrogen) atoms. The van der Waals surface area contributed by atoms with Gasteiger partial charge >= 0.3 is 6.09 Å². The van der Waals surface area contributed by atoms with Gasteiger partial charge in [-0.1, -0.05) is 16.9 Å². The zero-order valence-electron chi connectivity index (χ0n) is 8.30. The van der Waals surface area contributed by atoms with Gasteiger partial charge in [0.15, 0.2) is 0 Å². The zero-order valence-corrected chi connectivity index (χ0v) is 9.94. The Labute approximate surface area is 96.6 Å². The van der Waals surface area contributed by atoms with Crippen LogP contribution in [0.4, 0.5) is 4.79 Å². The number of alkyl carbamates (subject to hydrolysis) is 1. The third-order valence-corrected chi connectivity index (χ3v) is 3.69. The van der Waals surface area contributed by atoms with Gasteiger partial charge in [-0.15, -0.1) is 0 Å². The number of carbonyl (C=O) groups excluding carboxylic acids is 1. The van der Waals surface area contributed by atoms with Gasteiger partial charge in [-0.05, 0) is 22.9 Å². The van der Waals surface area contributed by atoms with Gasteiger partial charge < -0.3 is 10.1 Å². The minimum Gasteiger partial charge on any atom is -0.453 e. The molecule has 0 aromatic carbocycles. The highest BCUT2D eigenvalue weighted by Gasteiger charge is 1.98. The molecule has 0 aliphatic heterocycles. The van der Waals surface area contributed by atoms with Gasteiger partial charge in [0, 0.05) is 18.5 Å². The van der Waals surface area contributed by atoms with Crippen molar-refractivity contribution in [3.63, 3.8) is 0 Å². The van der Waals surface area contributed by atoms with Crippen molar-refractivity contribution in [1.82, 2.24) is 10.3 Å². The van der Waals surface area contributed by atoms with Crippen LogP contribution in [0.15, 0.2) is 29.4 Å². The lowest BCUT2D eigenvalue weighted by Crippen LogP contribution is -2.25. The molecule has 6 heteroatoms. The molecule has 0 saturated carbocycles. The van der Waals surface area contributed by atoms with Crippen LogP contribution in [-0.2, 0) is 4.74 Å². The van der Waals surface area contributed by atoms with Crippen LogP contribution < -0.4 is 5.32 Å². The number of aromatic nitrogens is 1. The summed E-state index contributed by atoms with van der Waals surface area (Å²) >= 11 is 0. The first-order valence-electron chi connectivity index (χ1n) is 4.35. The number of carbonyl (C=O) groups is 1. The average molecular weight is 244 g/mol. The molecule has 1 heterocycles. The van der Waals surface area contributed by atoms with Crippen LogP contribution in [0, 0.1) is 0 Å². The summed E-state index contributed by atoms with van der Waals surface area (Å²) in [6, 6.07) is 5.78. The molecule has 4 nitrogen and oxygen atoms in total. The summed E-state index contributed by atoms with van der Waals surface area (Å²) < 4.78 is 4.44. The van der Waals surface area contributed by atoms with E-state index in [0.29, 0.717) is 6.54 Å². The third kappa shape index (κ3) is 5.54. The van der Waals surface area contributed by atoms with Crippen molar-refractivity contribution in [3.05, 3.63) is 24.4 Å². The number of amides is 1. The normalized spacial score (nSPS) is 9.67. The number of nitrogens with zero attached hydrogens (tertiary/aromatic N) is 1. The van der Waals surface area contributed by atoms with Gasteiger partial charge in [-0.3, -0.25) is 0 Å². The highest BCUT2D eigenvalue weighted by Crippen LogP contribution is 2.28. The molecule has 0 spiro atoms. The molecular weight excluding hydrogens is 232 g/mol. The number of pyridine rings is 1. The Morgan fingerprint density at radius 2 is 2.47 bits per heavy atom. The van der Waals surface area contributed by atoms with Crippen molar-refractivity contribution in [3.8, 4) is 0 Å². The molecule has 0 bridgehead atoms. The van der Waals surface area contributed by atoms with E-state index in [-0.39, 0.29) is 0 Å². The van der Waals surface area contributed by atoms with E-state index in [1.807, 2.05) is 18.2 Å². The Bertz CT molecular complexity index is 295. The van der Waals surface area contributed by atoms with Crippen LogP contribution >= 0.6 is 21.6 Å². The molecular formula is C9H12N2O2S2. The van der Waals surface area contributed by atoms with Gasteiger partial charge in [0.05, 0.1) is 7.11 Å². The van der Waals surface area contributed by atoms with Gasteiger partial charge in [-0.2, -0.15) is 0 Å². The van der Waals surface area contributed by atoms with Crippen molar-refractivity contribution >= 4 is 27.7 Å². The molecule has 82 valence electrons. The maximum Gasteiger partial charge on any atom is 0.406 e. The Hall–Kier alpha value is -0.880. The lowest BCUT2D eigenvalue weighted by molar-refractivity contribution is 0.172. The monoisotopic (exact) mass is 244 g/mol. The lowest BCUT2D eigenvalue weighted by atomic mass is 10.5. The molecule has 0 radical (unpaired) electrons. The smallest absolute Gasteiger partial charge is 0.406 e. The number of nitrogens with one attached hydrogen (secondary N) is 1. The number of rotatable bonds is 5. The Morgan fingerprint density at radius 1 is 1.60 bits per heavy atom. The quantitative estimate of drug-likeness (QED) is 0.635. The minimum atomic E-state index is -0.390. The SMILES string of the molecule is COC(=O)NCCSSc1ccccn1. The Kier molecular flexibility index (Phi) is 6.03. The maximum absolute atomic E-state index is 10.7. The van der Waals surface area contributed by atoms with E-state index in [2.05, 4.69) is 15.0 Å². The molecule has 1 aromatic heterocycles. The molecule has 0 aliphatic rings. The molecule has 1 aromatic rings. The average Bonchev–Trinajstić information content (AvgIpc) is 2.29. The predicted octanol–water partition coefficient (Wildman–Crippen LogP) is 2.18. The molecule has 0 fully saturated rings. The topological polar surface area (TPSA) is 51.2 Å². The van der Waals surface area contributed by atoms with Gasteiger partial charge in [0.25, 0.3) is 0 Å². The summed E-state index contributed by atoms with van der Waals surface area (Å²) in [5.74, 6) is 0.816. The number of hydrogen-bond acceptors (Lipinski definition) is 5. The number of hydrogen-bond donors (Lipinski definition) is 1. The molecule has 1 amide bonds. The van der Waals surface area contributed by atoms with E-state index in [1.54, 1.807) is 27.8 Å². The second-order valence-corrected chi connectivity index (χ2v) is 4.93. The van der Waals surface area contributed by atoms with Crippen LogP contribution in [0.3, 0.4) is 0 Å². The van der Waals surface area contributed by atoms with E-state index >= 15 is 0 Å². The van der Waals surface area contributed by atoms with Crippen LogP contribution in [0.5, 0.6) is 0 Å². The van der Waals surface area contributed by atoms with Crippen molar-refractivity contribution < 1.29 is 9.53 Å². The summed E-state index contributed by atoms with van der Waals surface area (Å²) in [6.07, 6.45) is 1.37. The zero-order chi connectivity index (χ0) is 10.9. The minimum absolute atomic E-state index is 0.390. The standard InChI is InChI=1S/C9H12N2O2S2/c1-13-9(12)11-6-7-14-15-8-4-2-3-5-10-8/h2-5H,6-7H2,1H3,(H,11,12). The Morgan fingerprint density at radius 3 is 3.13 bits per heavy atom. The molecule has 1 rings (SSSR count). The van der Waals surface area contributed by atoms with Crippen molar-refractivity contribution in [2.24, 2.45) is 0 Å². The third-order valence-electron chi connectivity index (χ3n) is 1.42. The number of methoxy groups -OCH3 is 1. The van der Waals surface area contributed by atoms with Gasteiger partial charge in [0.1, 0.15) is 5.03 Å². The van der Waals surface area contributed by atoms with E-state index in [4.69, 9.17) is 0 Å². The first-order chi connectivity index (χ1) is 7.33. The van der Waals surface area contributed by atoms with Crippen LogP contribution in [0.25, 0.3) is 0 Å². The van der Waals surface area contributed by atoms with E-state index in [9.17, 15) is 4.79 Å². The molecule has 0 unspecified atom stereocenters. The van der Waals surface area contributed by atoms with Crippen molar-refractivity contribution in [2.45, 2.75) is 5.03 Å². The van der Waals surface area contributed by atoms with Crippen molar-refractivity contribution in [1.29, 1.82) is 0 Å². The fourth-order valence-electron chi connectivity index (χ4n) is 0.765. The van der Waals surface area contributed by atoms with E-state index in [0.717, 1.165) is 10.8 Å². The maximum atomic E-state index is 10.7. The summed E-state index contributed by atoms with van der Waals surface area (Å²) in [7, 11) is 4.59. The second kappa shape index (κ2) is 7.42. The summed E-state index contributed by atoms with van der Waals surface area (Å²) in [5, 5.41) is 3.58. The van der Waals surface area contributed by atoms with Crippen molar-refractivity contribution in [2.75, 3.05) is 19.4 Å². The molecule has 0 saturated heterocycles. The summed E-state index contributed by atoms with van der Waals surface area (Å²) in [5.41, 5.74) is 0. The van der Waals surface area contributed by atoms with E-state index in [1.165, 1.54) is 7.11 Å². The highest BCUT2D eigenvalue weighted by atomic mass is 33.1. The van der Waals surface area contributed by atoms with E-state index < -0.39 is 6.09 Å². The van der Waals surface area contributed by atoms with Crippen LogP contribution in [-0.4, -0.2) is 30.5 Å². The second-order valence-electron chi connectivity index (χ2n) is 2.49. The van der Waals surface area contributed by atoms with Gasteiger partial charge in [0.2, 0.25) is 0 Å². The summed E-state index contributed by atoms with van der Waals surface area (Å²) in [6.45, 7) is 0.594. The molecule has 0 atom stereocenters. The fraction of sp³-hybridized carbons (Fsp3) is 0.333. The van der Waals surface area contributed by atoms with Crippen LogP contribution in [0.1, 0.15) is 0 Å². The van der Waals surface area contributed by atoms with Crippen LogP contribution in [0.2, 0.25) is 0 Å². The number of ether oxygens (including phenoxy) is 1. The Balaban J connectivity index is 2.05. The highest BCUT2D eigenvalue weighted by molar-refractivity contribution is 8.76. The molecule has 0 aliphatic carbocycles. The lowest BCUT2D eigenvalue weighted by Gasteiger charge is -2.02. The van der Waals surface area contributed by atoms with Gasteiger partial charge in [-0.25, -0.2) is 9.78 Å². The predicted molar refractivity (Wildman–Crippen MR) is 63.0 cm³/mol. The fourth-order valence-corrected chi connectivity index (χ4v) is 2.55.